The average molecular weight is 1450 g/mol. The molecule has 2 amide bonds. The van der Waals surface area contributed by atoms with E-state index < -0.39 is 41.1 Å². The monoisotopic (exact) mass is 1450 g/mol. The summed E-state index contributed by atoms with van der Waals surface area (Å²) in [6.45, 7) is 7.51. The molecule has 0 radical (unpaired) electrons. The molecule has 7 atom stereocenters. The van der Waals surface area contributed by atoms with E-state index in [1.54, 1.807) is 37.1 Å². The number of hydrogen-bond acceptors (Lipinski definition) is 17. The molecule has 0 saturated carbocycles. The van der Waals surface area contributed by atoms with Crippen LogP contribution in [0.4, 0.5) is 5.95 Å². The van der Waals surface area contributed by atoms with Gasteiger partial charge in [0.25, 0.3) is 18.3 Å². The van der Waals surface area contributed by atoms with Crippen molar-refractivity contribution in [3.8, 4) is 6.07 Å². The van der Waals surface area contributed by atoms with Crippen LogP contribution in [0.1, 0.15) is 106 Å². The molecule has 2 saturated heterocycles. The van der Waals surface area contributed by atoms with Crippen LogP contribution >= 0.6 is 34.0 Å². The lowest BCUT2D eigenvalue weighted by Gasteiger charge is -2.39. The average Bonchev–Trinajstić information content (AvgIpc) is 1.50. The van der Waals surface area contributed by atoms with E-state index in [0.717, 1.165) is 144 Å². The number of esters is 1. The Morgan fingerprint density at radius 3 is 2.09 bits per heavy atom. The minimum Gasteiger partial charge on any atom is -0.467 e. The number of aliphatic hydroxyl groups is 2. The normalized spacial score (nSPS) is 22.7. The number of aromatic nitrogens is 7. The van der Waals surface area contributed by atoms with E-state index in [1.807, 2.05) is 96.2 Å². The van der Waals surface area contributed by atoms with Gasteiger partial charge in [-0.25, -0.2) is 14.8 Å². The van der Waals surface area contributed by atoms with E-state index in [1.165, 1.54) is 23.1 Å². The van der Waals surface area contributed by atoms with Crippen molar-refractivity contribution in [3.63, 3.8) is 0 Å². The van der Waals surface area contributed by atoms with E-state index in [9.17, 15) is 34.7 Å². The third-order valence-corrected chi connectivity index (χ3v) is 25.2. The zero-order chi connectivity index (χ0) is 72.2. The van der Waals surface area contributed by atoms with Gasteiger partial charge in [-0.3, -0.25) is 19.4 Å². The van der Waals surface area contributed by atoms with Gasteiger partial charge in [0.05, 0.1) is 73.6 Å². The number of hydrogen-bond donors (Lipinski definition) is 5. The first-order valence-corrected chi connectivity index (χ1v) is 38.8. The van der Waals surface area contributed by atoms with Crippen molar-refractivity contribution in [2.75, 3.05) is 37.6 Å². The van der Waals surface area contributed by atoms with E-state index >= 15 is 0 Å². The highest BCUT2D eigenvalue weighted by Crippen LogP contribution is 2.60. The number of methoxy groups -OCH3 is 1. The van der Waals surface area contributed by atoms with Crippen molar-refractivity contribution in [1.29, 1.82) is 5.26 Å². The van der Waals surface area contributed by atoms with Crippen LogP contribution in [0.2, 0.25) is 0 Å². The molecular formula is C81H71N11O10S3. The highest BCUT2D eigenvalue weighted by atomic mass is 32.2. The molecule has 2 fully saturated rings. The van der Waals surface area contributed by atoms with Gasteiger partial charge >= 0.3 is 5.97 Å². The lowest BCUT2D eigenvalue weighted by Crippen LogP contribution is -2.56. The number of pyridine rings is 1. The molecule has 2 unspecified atom stereocenters. The molecule has 13 aromatic rings. The van der Waals surface area contributed by atoms with Crippen LogP contribution in [0, 0.1) is 11.3 Å². The third kappa shape index (κ3) is 9.77. The molecule has 105 heavy (non-hydrogen) atoms. The third-order valence-electron chi connectivity index (χ3n) is 22.2. The summed E-state index contributed by atoms with van der Waals surface area (Å²) >= 11 is 3.51. The molecule has 24 heteroatoms. The fourth-order valence-electron chi connectivity index (χ4n) is 17.6. The summed E-state index contributed by atoms with van der Waals surface area (Å²) in [5.74, 6) is 6.57. The number of nitrogens with one attached hydrogen (secondary N) is 3. The van der Waals surface area contributed by atoms with E-state index in [4.69, 9.17) is 18.9 Å². The number of ether oxygens (including phenoxy) is 4. The zero-order valence-electron chi connectivity index (χ0n) is 58.0. The predicted molar refractivity (Wildman–Crippen MR) is 411 cm³/mol. The van der Waals surface area contributed by atoms with Crippen LogP contribution in [0.15, 0.2) is 156 Å². The van der Waals surface area contributed by atoms with Gasteiger partial charge in [0.15, 0.2) is 17.1 Å². The quantitative estimate of drug-likeness (QED) is 0.0293. The molecule has 7 aliphatic heterocycles. The van der Waals surface area contributed by atoms with Crippen molar-refractivity contribution in [1.82, 2.24) is 43.9 Å². The first kappa shape index (κ1) is 66.6. The zero-order valence-corrected chi connectivity index (χ0v) is 60.5. The second-order valence-corrected chi connectivity index (χ2v) is 32.4. The Morgan fingerprint density at radius 1 is 0.771 bits per heavy atom. The topological polar surface area (TPSA) is 264 Å². The molecule has 7 aliphatic rings. The Kier molecular flexibility index (Phi) is 15.8. The lowest BCUT2D eigenvalue weighted by molar-refractivity contribution is -0.202. The first-order chi connectivity index (χ1) is 50.9. The molecule has 0 aliphatic carbocycles. The number of benzene rings is 7. The number of allylic oxidation sites excluding steroid dienone is 2. The molecule has 7 aromatic carbocycles. The lowest BCUT2D eigenvalue weighted by atomic mass is 9.88. The largest absolute Gasteiger partial charge is 0.467 e. The van der Waals surface area contributed by atoms with E-state index in [-0.39, 0.29) is 41.7 Å². The van der Waals surface area contributed by atoms with Gasteiger partial charge in [0.1, 0.15) is 25.1 Å². The molecule has 21 nitrogen and oxygen atoms in total. The summed E-state index contributed by atoms with van der Waals surface area (Å²) < 4.78 is 32.3. The number of carbonyl (C=O) groups excluding carboxylic acids is 4. The highest BCUT2D eigenvalue weighted by molar-refractivity contribution is 8.12. The van der Waals surface area contributed by atoms with Crippen LogP contribution < -0.4 is 16.0 Å². The van der Waals surface area contributed by atoms with Gasteiger partial charge in [-0.15, -0.1) is 0 Å². The minimum atomic E-state index is -1.96. The molecule has 5 N–H and O–H groups in total. The van der Waals surface area contributed by atoms with E-state index in [0.29, 0.717) is 54.4 Å². The second-order valence-electron chi connectivity index (χ2n) is 28.1. The van der Waals surface area contributed by atoms with Gasteiger partial charge in [0.2, 0.25) is 11.5 Å². The summed E-state index contributed by atoms with van der Waals surface area (Å²) in [5.41, 5.74) is 10.4. The van der Waals surface area contributed by atoms with Gasteiger partial charge < -0.3 is 63.4 Å². The fraction of sp³-hybridized carbons (Fsp3) is 0.272. The highest BCUT2D eigenvalue weighted by Gasteiger charge is 2.66. The smallest absolute Gasteiger partial charge is 0.343 e. The van der Waals surface area contributed by atoms with Crippen LogP contribution in [0.5, 0.6) is 0 Å². The van der Waals surface area contributed by atoms with E-state index in [2.05, 4.69) is 124 Å². The van der Waals surface area contributed by atoms with Crippen LogP contribution in [0.3, 0.4) is 0 Å². The summed E-state index contributed by atoms with van der Waals surface area (Å²) in [6, 6.07) is 45.1. The standard InChI is InChI=1S/C33H33N3O5S2.C27H21N3O5.C21H17N5S/c1-6-42-15-17-7-9-22-19(11-17)26-27-21(14-34-30(27)37)25-20-12-18(16-43(4)5)8-10-23(20)36-29(25)28(26)35(22)24-13-33(39,31(38)40-3)32(36,2)41-24;1-26-27(33,12-34-13-31)10-19(35-26)29-17-8-4-2-6-14(17)21-22-16(11-28-25(22)32)20-15-7-3-5-9-18(15)30(26)24(20)23(21)29;22-13-17(20-12-16-5-1-2-6-19(16)27-20)18-8-11-25-21(26-18)24-10-7-15-4-3-9-23-14-15/h7-12,24,39H,4,6,13-16H2,1-3,5H3,(H,34,37);2-9,13,19,33H,10-12H2,1H3,(H,28,32);1-6,8-9,11,14H,7,10,12H2,(H,24,25,26)/b;;20-17+/t24?,32-,33-,43?;19-,26+,27+;/m00./s1. The van der Waals surface area contributed by atoms with Crippen LogP contribution in [0.25, 0.3) is 92.8 Å². The Balaban J connectivity index is 0.000000115. The molecule has 4 bridgehead atoms. The number of fused-ring (bicyclic) bond motifs is 27. The molecular weight excluding hydrogens is 1380 g/mol. The Hall–Kier alpha value is -10.4. The molecule has 20 rings (SSSR count). The number of carbonyl (C=O) groups is 4. The van der Waals surface area contributed by atoms with Gasteiger partial charge in [-0.05, 0) is 120 Å². The van der Waals surface area contributed by atoms with Gasteiger partial charge in [-0.1, -0.05) is 97.4 Å². The van der Waals surface area contributed by atoms with Crippen LogP contribution in [-0.4, -0.2) is 117 Å². The van der Waals surface area contributed by atoms with Crippen molar-refractivity contribution < 1.29 is 48.3 Å². The maximum atomic E-state index is 13.7. The SMILES string of the molecule is C=S(C)Cc1ccc2c(c1)c1c3c(c4c5cc(CSCC)ccc5n5c4c1n2[C@@]1(C)OC5C[C@]1(O)C(=O)OC)C(=O)NC3.C[C@@]12O[C@@H](C[C@@]1(O)COC=O)n1c3ccccc3c3c4c(c5c6ccccc6n2c5c31)CNC4=O.N#C/C(=C1/Cc2ccccc2S1)c1ccnc(NCCc2cccnc2)n1. The number of para-hydroxylation sites is 2. The summed E-state index contributed by atoms with van der Waals surface area (Å²) in [6.07, 6.45) is 8.07. The Bertz CT molecular complexity index is 6050. The van der Waals surface area contributed by atoms with Gasteiger partial charge in [0, 0.05) is 122 Å². The molecule has 528 valence electrons. The number of nitriles is 1. The number of nitrogens with zero attached hydrogens (tertiary/aromatic N) is 8. The second kappa shape index (κ2) is 24.9. The van der Waals surface area contributed by atoms with Crippen molar-refractivity contribution >= 4 is 163 Å². The van der Waals surface area contributed by atoms with Crippen molar-refractivity contribution in [2.45, 2.75) is 111 Å². The van der Waals surface area contributed by atoms with Crippen molar-refractivity contribution in [2.24, 2.45) is 0 Å². The molecule has 13 heterocycles. The Labute approximate surface area is 612 Å². The maximum Gasteiger partial charge on any atom is 0.343 e. The Morgan fingerprint density at radius 2 is 1.39 bits per heavy atom. The summed E-state index contributed by atoms with van der Waals surface area (Å²) in [7, 11) is 1.24. The molecule has 6 aromatic heterocycles. The van der Waals surface area contributed by atoms with Gasteiger partial charge in [-0.2, -0.15) is 27.5 Å². The summed E-state index contributed by atoms with van der Waals surface area (Å²) in [4.78, 5) is 66.7. The maximum absolute atomic E-state index is 13.7. The number of rotatable bonds is 14. The summed E-state index contributed by atoms with van der Waals surface area (Å²) in [5, 5.41) is 51.1. The van der Waals surface area contributed by atoms with Crippen LogP contribution in [-0.2, 0) is 77.4 Å². The minimum absolute atomic E-state index is 0.00457. The first-order valence-electron chi connectivity index (χ1n) is 34.9. The number of amides is 2. The number of anilines is 1. The fourth-order valence-corrected chi connectivity index (χ4v) is 20.1. The predicted octanol–water partition coefficient (Wildman–Crippen LogP) is 13.5. The molecule has 0 spiro atoms. The van der Waals surface area contributed by atoms with Crippen molar-refractivity contribution in [3.05, 3.63) is 201 Å². The number of thioether (sulfide) groups is 2.